The molecule has 0 spiro atoms. The molecule has 1 N–H and O–H groups in total. The maximum absolute atomic E-state index is 14.0. The van der Waals surface area contributed by atoms with Crippen LogP contribution in [0.25, 0.3) is 10.6 Å². The molecule has 2 aliphatic rings. The molecule has 1 fully saturated rings. The minimum atomic E-state index is -0.716. The first-order chi connectivity index (χ1) is 15.8. The quantitative estimate of drug-likeness (QED) is 0.629. The van der Waals surface area contributed by atoms with Crippen LogP contribution in [0, 0.1) is 11.6 Å². The van der Waals surface area contributed by atoms with Crippen LogP contribution in [-0.4, -0.2) is 50.5 Å². The Morgan fingerprint density at radius 3 is 2.79 bits per heavy atom. The van der Waals surface area contributed by atoms with Crippen LogP contribution in [0.1, 0.15) is 46.7 Å². The molecule has 4 heterocycles. The number of carbonyl (C=O) groups excluding carboxylic acids is 1. The van der Waals surface area contributed by atoms with Crippen LogP contribution in [-0.2, 0) is 6.42 Å². The highest BCUT2D eigenvalue weighted by Crippen LogP contribution is 2.31. The van der Waals surface area contributed by atoms with Crippen LogP contribution in [0.5, 0.6) is 5.75 Å². The minimum absolute atomic E-state index is 0.0671. The summed E-state index contributed by atoms with van der Waals surface area (Å²) in [7, 11) is 1.81. The summed E-state index contributed by atoms with van der Waals surface area (Å²) >= 11 is 1.07. The zero-order chi connectivity index (χ0) is 23.3. The number of carbonyl (C=O) groups is 1. The number of benzene rings is 1. The predicted octanol–water partition coefficient (Wildman–Crippen LogP) is 2.87. The molecular formula is C22H21F2N5O3S. The van der Waals surface area contributed by atoms with Gasteiger partial charge in [0, 0.05) is 32.3 Å². The molecule has 33 heavy (non-hydrogen) atoms. The van der Waals surface area contributed by atoms with Crippen LogP contribution in [0.2, 0.25) is 0 Å². The third-order valence-corrected chi connectivity index (χ3v) is 7.13. The molecule has 1 saturated heterocycles. The van der Waals surface area contributed by atoms with Crippen LogP contribution in [0.15, 0.2) is 29.2 Å². The van der Waals surface area contributed by atoms with Crippen molar-refractivity contribution in [2.75, 3.05) is 18.6 Å². The van der Waals surface area contributed by atoms with Crippen LogP contribution >= 0.6 is 11.3 Å². The normalized spacial score (nSPS) is 18.2. The second kappa shape index (κ2) is 8.22. The summed E-state index contributed by atoms with van der Waals surface area (Å²) in [6.07, 6.45) is 5.07. The molecule has 1 atom stereocenters. The van der Waals surface area contributed by atoms with Crippen LogP contribution in [0.4, 0.5) is 8.78 Å². The molecule has 0 bridgehead atoms. The van der Waals surface area contributed by atoms with E-state index in [0.29, 0.717) is 11.6 Å². The highest BCUT2D eigenvalue weighted by Gasteiger charge is 2.39. The van der Waals surface area contributed by atoms with E-state index in [1.54, 1.807) is 4.90 Å². The van der Waals surface area contributed by atoms with Gasteiger partial charge in [0.25, 0.3) is 5.91 Å². The lowest BCUT2D eigenvalue weighted by molar-refractivity contribution is 0.0585. The van der Waals surface area contributed by atoms with Crippen molar-refractivity contribution in [3.63, 3.8) is 0 Å². The highest BCUT2D eigenvalue weighted by molar-refractivity contribution is 7.14. The number of halogens is 2. The van der Waals surface area contributed by atoms with Gasteiger partial charge in [-0.15, -0.1) is 10.2 Å². The lowest BCUT2D eigenvalue weighted by Crippen LogP contribution is -2.59. The fourth-order valence-electron chi connectivity index (χ4n) is 4.45. The number of hydrogen-bond acceptors (Lipinski definition) is 7. The summed E-state index contributed by atoms with van der Waals surface area (Å²) in [5.74, 6) is -2.36. The molecule has 1 unspecified atom stereocenters. The Hall–Kier alpha value is -3.34. The molecular weight excluding hydrogens is 452 g/mol. The van der Waals surface area contributed by atoms with E-state index in [1.165, 1.54) is 16.9 Å². The van der Waals surface area contributed by atoms with E-state index in [-0.39, 0.29) is 40.3 Å². The van der Waals surface area contributed by atoms with Crippen molar-refractivity contribution in [2.24, 2.45) is 0 Å². The van der Waals surface area contributed by atoms with Gasteiger partial charge in [0.2, 0.25) is 5.43 Å². The van der Waals surface area contributed by atoms with Crippen molar-refractivity contribution in [3.8, 4) is 16.3 Å². The van der Waals surface area contributed by atoms with Crippen molar-refractivity contribution in [3.05, 3.63) is 62.5 Å². The van der Waals surface area contributed by atoms with E-state index in [0.717, 1.165) is 49.2 Å². The molecule has 11 heteroatoms. The Kier molecular flexibility index (Phi) is 5.35. The smallest absolute Gasteiger partial charge is 0.278 e. The first kappa shape index (κ1) is 21.5. The number of pyridine rings is 1. The Bertz CT molecular complexity index is 1310. The third-order valence-electron chi connectivity index (χ3n) is 6.17. The van der Waals surface area contributed by atoms with E-state index in [9.17, 15) is 23.5 Å². The molecule has 3 aromatic rings. The third kappa shape index (κ3) is 3.65. The molecule has 5 rings (SSSR count). The summed E-state index contributed by atoms with van der Waals surface area (Å²) in [4.78, 5) is 27.8. The van der Waals surface area contributed by atoms with Gasteiger partial charge in [0.1, 0.15) is 22.8 Å². The average Bonchev–Trinajstić information content (AvgIpc) is 3.09. The summed E-state index contributed by atoms with van der Waals surface area (Å²) in [6, 6.07) is 3.30. The van der Waals surface area contributed by atoms with Crippen molar-refractivity contribution in [1.82, 2.24) is 19.8 Å². The largest absolute Gasteiger partial charge is 0.502 e. The topological polar surface area (TPSA) is 91.6 Å². The maximum atomic E-state index is 14.0. The zero-order valence-corrected chi connectivity index (χ0v) is 18.6. The number of fused-ring (bicyclic) bond motifs is 2. The van der Waals surface area contributed by atoms with Crippen LogP contribution < -0.4 is 10.4 Å². The summed E-state index contributed by atoms with van der Waals surface area (Å²) in [6.45, 7) is 0.572. The molecule has 2 aliphatic heterocycles. The zero-order valence-electron chi connectivity index (χ0n) is 17.8. The van der Waals surface area contributed by atoms with E-state index in [4.69, 9.17) is 0 Å². The first-order valence-electron chi connectivity index (χ1n) is 10.6. The number of nitrogens with zero attached hydrogens (tertiary/aromatic N) is 5. The van der Waals surface area contributed by atoms with Crippen molar-refractivity contribution < 1.29 is 18.7 Å². The van der Waals surface area contributed by atoms with Crippen molar-refractivity contribution in [2.45, 2.75) is 38.3 Å². The number of aromatic hydroxyl groups is 1. The fourth-order valence-corrected chi connectivity index (χ4v) is 5.32. The SMILES string of the molecule is CN1C2CCCCCN2C(=O)c2c(O)c(=O)c(-c3nnc(Cc4ccc(F)cc4F)s3)cn21. The van der Waals surface area contributed by atoms with Gasteiger partial charge in [-0.25, -0.2) is 8.78 Å². The Morgan fingerprint density at radius 2 is 2.00 bits per heavy atom. The Labute approximate surface area is 191 Å². The molecule has 0 aliphatic carbocycles. The van der Waals surface area contributed by atoms with Gasteiger partial charge < -0.3 is 10.0 Å². The van der Waals surface area contributed by atoms with Crippen molar-refractivity contribution >= 4 is 17.2 Å². The van der Waals surface area contributed by atoms with E-state index >= 15 is 0 Å². The molecule has 1 aromatic carbocycles. The van der Waals surface area contributed by atoms with Crippen LogP contribution in [0.3, 0.4) is 0 Å². The van der Waals surface area contributed by atoms with Crippen molar-refractivity contribution in [1.29, 1.82) is 0 Å². The van der Waals surface area contributed by atoms with Gasteiger partial charge in [-0.3, -0.25) is 19.3 Å². The first-order valence-corrected chi connectivity index (χ1v) is 11.5. The van der Waals surface area contributed by atoms with Gasteiger partial charge >= 0.3 is 0 Å². The highest BCUT2D eigenvalue weighted by atomic mass is 32.1. The Balaban J connectivity index is 1.53. The monoisotopic (exact) mass is 473 g/mol. The minimum Gasteiger partial charge on any atom is -0.502 e. The van der Waals surface area contributed by atoms with E-state index in [1.807, 2.05) is 12.1 Å². The fraction of sp³-hybridized carbons (Fsp3) is 0.364. The molecule has 8 nitrogen and oxygen atoms in total. The number of rotatable bonds is 3. The van der Waals surface area contributed by atoms with Gasteiger partial charge in [0.05, 0.1) is 5.56 Å². The average molecular weight is 474 g/mol. The molecule has 0 radical (unpaired) electrons. The molecule has 1 amide bonds. The predicted molar refractivity (Wildman–Crippen MR) is 118 cm³/mol. The molecule has 0 saturated carbocycles. The standard InChI is InChI=1S/C22H21F2N5O3S/c1-27-17-5-3-2-4-8-28(17)22(32)18-20(31)19(30)14(11-29(18)27)21-26-25-16(33-21)9-12-6-7-13(23)10-15(12)24/h6-7,10-11,17,31H,2-5,8-9H2,1H3. The second-order valence-corrected chi connectivity index (χ2v) is 9.29. The van der Waals surface area contributed by atoms with Gasteiger partial charge in [-0.1, -0.05) is 23.8 Å². The lowest BCUT2D eigenvalue weighted by atomic mass is 10.1. The van der Waals surface area contributed by atoms with Gasteiger partial charge in [-0.2, -0.15) is 0 Å². The van der Waals surface area contributed by atoms with Gasteiger partial charge in [-0.05, 0) is 30.9 Å². The van der Waals surface area contributed by atoms with Gasteiger partial charge in [0.15, 0.2) is 16.5 Å². The molecule has 172 valence electrons. The Morgan fingerprint density at radius 1 is 1.18 bits per heavy atom. The number of aromatic nitrogens is 3. The lowest BCUT2D eigenvalue weighted by Gasteiger charge is -2.44. The summed E-state index contributed by atoms with van der Waals surface area (Å²) in [5, 5.41) is 21.3. The van der Waals surface area contributed by atoms with E-state index in [2.05, 4.69) is 10.2 Å². The maximum Gasteiger partial charge on any atom is 0.278 e. The summed E-state index contributed by atoms with van der Waals surface area (Å²) in [5.41, 5.74) is -0.432. The molecule has 2 aromatic heterocycles. The van der Waals surface area contributed by atoms with E-state index < -0.39 is 22.8 Å². The second-order valence-electron chi connectivity index (χ2n) is 8.23. The summed E-state index contributed by atoms with van der Waals surface area (Å²) < 4.78 is 28.7. The number of hydrogen-bond donors (Lipinski definition) is 1. The number of amides is 1.